The van der Waals surface area contributed by atoms with Crippen LogP contribution in [0, 0.1) is 0 Å². The molecule has 0 atom stereocenters. The molecular weight excluding hydrogens is 338 g/mol. The molecule has 0 spiro atoms. The molecule has 5 rings (SSSR count). The van der Waals surface area contributed by atoms with Crippen LogP contribution in [-0.4, -0.2) is 45.9 Å². The summed E-state index contributed by atoms with van der Waals surface area (Å²) in [6.07, 6.45) is 0. The summed E-state index contributed by atoms with van der Waals surface area (Å²) < 4.78 is 7.29. The van der Waals surface area contributed by atoms with Crippen molar-refractivity contribution in [2.45, 2.75) is 0 Å². The predicted octanol–water partition coefficient (Wildman–Crippen LogP) is 3.29. The van der Waals surface area contributed by atoms with Gasteiger partial charge in [0.05, 0.1) is 24.6 Å². The molecular formula is C21H19N5O. The summed E-state index contributed by atoms with van der Waals surface area (Å²) in [6, 6.07) is 22.5. The number of ether oxygens (including phenoxy) is 1. The quantitative estimate of drug-likeness (QED) is 0.563. The third kappa shape index (κ3) is 3.04. The van der Waals surface area contributed by atoms with Gasteiger partial charge in [0.2, 0.25) is 5.95 Å². The van der Waals surface area contributed by atoms with Crippen LogP contribution in [-0.2, 0) is 4.74 Å². The maximum absolute atomic E-state index is 5.45. The minimum Gasteiger partial charge on any atom is -0.378 e. The molecule has 0 N–H and O–H groups in total. The number of rotatable bonds is 3. The van der Waals surface area contributed by atoms with Crippen molar-refractivity contribution >= 4 is 11.7 Å². The molecule has 4 aromatic rings. The minimum atomic E-state index is 0.608. The Morgan fingerprint density at radius 1 is 0.778 bits per heavy atom. The summed E-state index contributed by atoms with van der Waals surface area (Å²) in [5.41, 5.74) is 4.02. The Kier molecular flexibility index (Phi) is 4.03. The fraction of sp³-hybridized carbons (Fsp3) is 0.190. The molecule has 6 heteroatoms. The van der Waals surface area contributed by atoms with Gasteiger partial charge in [-0.05, 0) is 6.07 Å². The molecule has 0 aliphatic carbocycles. The second kappa shape index (κ2) is 6.81. The van der Waals surface area contributed by atoms with Crippen molar-refractivity contribution in [3.63, 3.8) is 0 Å². The van der Waals surface area contributed by atoms with Gasteiger partial charge in [-0.25, -0.2) is 4.98 Å². The van der Waals surface area contributed by atoms with Gasteiger partial charge in [0, 0.05) is 24.2 Å². The molecule has 6 nitrogen and oxygen atoms in total. The molecule has 1 saturated heterocycles. The highest BCUT2D eigenvalue weighted by Crippen LogP contribution is 2.26. The van der Waals surface area contributed by atoms with Gasteiger partial charge in [0.1, 0.15) is 0 Å². The fourth-order valence-electron chi connectivity index (χ4n) is 3.33. The highest BCUT2D eigenvalue weighted by molar-refractivity contribution is 5.70. The van der Waals surface area contributed by atoms with E-state index >= 15 is 0 Å². The van der Waals surface area contributed by atoms with Crippen LogP contribution < -0.4 is 4.90 Å². The molecule has 0 amide bonds. The Labute approximate surface area is 157 Å². The first kappa shape index (κ1) is 16.0. The van der Waals surface area contributed by atoms with E-state index in [1.807, 2.05) is 40.9 Å². The van der Waals surface area contributed by atoms with Gasteiger partial charge in [-0.15, -0.1) is 5.10 Å². The standard InChI is InChI=1S/C21H19N5O/c1-3-7-16(8-4-1)18-15-19(17-9-5-2-6-10-17)26-20(22-18)23-21(24-26)25-11-13-27-14-12-25/h1-10,15H,11-14H2. The van der Waals surface area contributed by atoms with Crippen molar-refractivity contribution in [2.24, 2.45) is 0 Å². The van der Waals surface area contributed by atoms with Crippen LogP contribution in [0.3, 0.4) is 0 Å². The Morgan fingerprint density at radius 2 is 1.44 bits per heavy atom. The van der Waals surface area contributed by atoms with Crippen molar-refractivity contribution in [3.05, 3.63) is 66.7 Å². The van der Waals surface area contributed by atoms with E-state index in [2.05, 4.69) is 35.2 Å². The summed E-state index contributed by atoms with van der Waals surface area (Å²) in [4.78, 5) is 11.6. The predicted molar refractivity (Wildman–Crippen MR) is 105 cm³/mol. The lowest BCUT2D eigenvalue weighted by Gasteiger charge is -2.25. The Balaban J connectivity index is 1.70. The van der Waals surface area contributed by atoms with Crippen molar-refractivity contribution in [1.29, 1.82) is 0 Å². The maximum Gasteiger partial charge on any atom is 0.255 e. The number of aromatic nitrogens is 4. The molecule has 1 fully saturated rings. The molecule has 134 valence electrons. The fourth-order valence-corrected chi connectivity index (χ4v) is 3.33. The lowest BCUT2D eigenvalue weighted by Crippen LogP contribution is -2.36. The van der Waals surface area contributed by atoms with Crippen molar-refractivity contribution in [2.75, 3.05) is 31.2 Å². The smallest absolute Gasteiger partial charge is 0.255 e. The van der Waals surface area contributed by atoms with Crippen LogP contribution in [0.5, 0.6) is 0 Å². The van der Waals surface area contributed by atoms with E-state index < -0.39 is 0 Å². The molecule has 0 bridgehead atoms. The van der Waals surface area contributed by atoms with Gasteiger partial charge in [-0.2, -0.15) is 9.50 Å². The molecule has 1 aliphatic rings. The highest BCUT2D eigenvalue weighted by atomic mass is 16.5. The molecule has 0 radical (unpaired) electrons. The van der Waals surface area contributed by atoms with E-state index in [1.54, 1.807) is 0 Å². The van der Waals surface area contributed by atoms with Gasteiger partial charge in [-0.3, -0.25) is 0 Å². The minimum absolute atomic E-state index is 0.608. The number of morpholine rings is 1. The van der Waals surface area contributed by atoms with Crippen LogP contribution in [0.2, 0.25) is 0 Å². The molecule has 27 heavy (non-hydrogen) atoms. The number of hydrogen-bond donors (Lipinski definition) is 0. The first-order valence-electron chi connectivity index (χ1n) is 9.10. The van der Waals surface area contributed by atoms with Gasteiger partial charge >= 0.3 is 0 Å². The first-order chi connectivity index (χ1) is 13.4. The van der Waals surface area contributed by atoms with Crippen molar-refractivity contribution in [3.8, 4) is 22.5 Å². The summed E-state index contributed by atoms with van der Waals surface area (Å²) >= 11 is 0. The van der Waals surface area contributed by atoms with E-state index in [0.29, 0.717) is 24.9 Å². The van der Waals surface area contributed by atoms with Gasteiger partial charge in [0.25, 0.3) is 5.78 Å². The number of fused-ring (bicyclic) bond motifs is 1. The SMILES string of the molecule is c1ccc(-c2cc(-c3ccccc3)n3nc(N4CCOCC4)nc3n2)cc1. The third-order valence-corrected chi connectivity index (χ3v) is 4.73. The van der Waals surface area contributed by atoms with E-state index in [4.69, 9.17) is 19.8 Å². The lowest BCUT2D eigenvalue weighted by atomic mass is 10.1. The van der Waals surface area contributed by atoms with E-state index in [-0.39, 0.29) is 0 Å². The monoisotopic (exact) mass is 357 g/mol. The summed E-state index contributed by atoms with van der Waals surface area (Å²) in [7, 11) is 0. The Bertz CT molecular complexity index is 1060. The topological polar surface area (TPSA) is 55.5 Å². The summed E-state index contributed by atoms with van der Waals surface area (Å²) in [6.45, 7) is 2.99. The first-order valence-corrected chi connectivity index (χ1v) is 9.10. The van der Waals surface area contributed by atoms with Crippen molar-refractivity contribution < 1.29 is 4.74 Å². The second-order valence-corrected chi connectivity index (χ2v) is 6.48. The van der Waals surface area contributed by atoms with Crippen LogP contribution in [0.1, 0.15) is 0 Å². The molecule has 2 aromatic carbocycles. The maximum atomic E-state index is 5.45. The third-order valence-electron chi connectivity index (χ3n) is 4.73. The number of hydrogen-bond acceptors (Lipinski definition) is 5. The zero-order valence-corrected chi connectivity index (χ0v) is 14.8. The molecule has 0 unspecified atom stereocenters. The van der Waals surface area contributed by atoms with Gasteiger partial charge < -0.3 is 9.64 Å². The van der Waals surface area contributed by atoms with Crippen LogP contribution in [0.15, 0.2) is 66.7 Å². The van der Waals surface area contributed by atoms with Gasteiger partial charge in [-0.1, -0.05) is 60.7 Å². The molecule has 3 heterocycles. The second-order valence-electron chi connectivity index (χ2n) is 6.48. The summed E-state index contributed by atoms with van der Waals surface area (Å²) in [5.74, 6) is 1.31. The molecule has 1 aliphatic heterocycles. The largest absolute Gasteiger partial charge is 0.378 e. The van der Waals surface area contributed by atoms with Gasteiger partial charge in [0.15, 0.2) is 0 Å². The lowest BCUT2D eigenvalue weighted by molar-refractivity contribution is 0.122. The Hall–Kier alpha value is -3.25. The Morgan fingerprint density at radius 3 is 2.15 bits per heavy atom. The normalized spacial score (nSPS) is 14.6. The molecule has 2 aromatic heterocycles. The highest BCUT2D eigenvalue weighted by Gasteiger charge is 2.19. The average Bonchev–Trinajstić information content (AvgIpc) is 3.19. The van der Waals surface area contributed by atoms with E-state index in [9.17, 15) is 0 Å². The number of anilines is 1. The average molecular weight is 357 g/mol. The van der Waals surface area contributed by atoms with E-state index in [1.165, 1.54) is 0 Å². The van der Waals surface area contributed by atoms with Crippen LogP contribution in [0.25, 0.3) is 28.3 Å². The van der Waals surface area contributed by atoms with Crippen molar-refractivity contribution in [1.82, 2.24) is 19.6 Å². The van der Waals surface area contributed by atoms with Crippen LogP contribution >= 0.6 is 0 Å². The zero-order valence-electron chi connectivity index (χ0n) is 14.8. The number of benzene rings is 2. The number of nitrogens with zero attached hydrogens (tertiary/aromatic N) is 5. The summed E-state index contributed by atoms with van der Waals surface area (Å²) in [5, 5.41) is 4.76. The zero-order chi connectivity index (χ0) is 18.1. The van der Waals surface area contributed by atoms with Crippen LogP contribution in [0.4, 0.5) is 5.95 Å². The molecule has 0 saturated carbocycles. The van der Waals surface area contributed by atoms with E-state index in [0.717, 1.165) is 35.6 Å².